The van der Waals surface area contributed by atoms with Gasteiger partial charge in [0.15, 0.2) is 5.92 Å². The molecule has 1 aromatic carbocycles. The van der Waals surface area contributed by atoms with E-state index in [-0.39, 0.29) is 0 Å². The minimum Gasteiger partial charge on any atom is -0.480 e. The predicted octanol–water partition coefficient (Wildman–Crippen LogP) is 1.57. The normalized spacial score (nSPS) is 12.3. The highest BCUT2D eigenvalue weighted by molar-refractivity contribution is 5.96. The third kappa shape index (κ3) is 3.24. The number of aliphatic carboxylic acids is 1. The van der Waals surface area contributed by atoms with E-state index in [1.807, 2.05) is 30.3 Å². The Morgan fingerprint density at radius 2 is 1.94 bits per heavy atom. The molecule has 0 radical (unpaired) electrons. The molecule has 0 saturated heterocycles. The molecule has 0 aliphatic rings. The van der Waals surface area contributed by atoms with Crippen LogP contribution in [0.2, 0.25) is 0 Å². The molecule has 1 unspecified atom stereocenters. The summed E-state index contributed by atoms with van der Waals surface area (Å²) >= 11 is 0. The van der Waals surface area contributed by atoms with Gasteiger partial charge in [0.25, 0.3) is 0 Å². The van der Waals surface area contributed by atoms with Crippen molar-refractivity contribution in [1.29, 1.82) is 0 Å². The molecule has 1 N–H and O–H groups in total. The standard InChI is InChI=1S/C12H12O4/c1-16-12(15)10(11(13)14)8-7-9-5-3-2-4-6-9/h2-8,10H,1H3,(H,13,14). The molecule has 0 saturated carbocycles. The van der Waals surface area contributed by atoms with Gasteiger partial charge in [0, 0.05) is 0 Å². The summed E-state index contributed by atoms with van der Waals surface area (Å²) < 4.78 is 4.39. The van der Waals surface area contributed by atoms with Crippen molar-refractivity contribution in [2.24, 2.45) is 5.92 Å². The van der Waals surface area contributed by atoms with E-state index in [9.17, 15) is 9.59 Å². The van der Waals surface area contributed by atoms with Crippen LogP contribution in [0.4, 0.5) is 0 Å². The van der Waals surface area contributed by atoms with E-state index in [0.29, 0.717) is 0 Å². The third-order valence-electron chi connectivity index (χ3n) is 2.00. The topological polar surface area (TPSA) is 63.6 Å². The molecule has 0 fully saturated rings. The first-order chi connectivity index (χ1) is 7.65. The van der Waals surface area contributed by atoms with Crippen molar-refractivity contribution < 1.29 is 19.4 Å². The number of hydrogen-bond donors (Lipinski definition) is 1. The molecule has 0 spiro atoms. The summed E-state index contributed by atoms with van der Waals surface area (Å²) in [5.74, 6) is -3.26. The van der Waals surface area contributed by atoms with E-state index >= 15 is 0 Å². The van der Waals surface area contributed by atoms with Gasteiger partial charge in [-0.05, 0) is 5.56 Å². The van der Waals surface area contributed by atoms with E-state index in [0.717, 1.165) is 12.7 Å². The maximum Gasteiger partial charge on any atom is 0.323 e. The second-order valence-electron chi connectivity index (χ2n) is 3.11. The molecule has 0 amide bonds. The van der Waals surface area contributed by atoms with Gasteiger partial charge in [-0.25, -0.2) is 0 Å². The van der Waals surface area contributed by atoms with Gasteiger partial charge in [0.1, 0.15) is 0 Å². The fourth-order valence-electron chi connectivity index (χ4n) is 1.16. The monoisotopic (exact) mass is 220 g/mol. The summed E-state index contributed by atoms with van der Waals surface area (Å²) in [7, 11) is 1.16. The van der Waals surface area contributed by atoms with E-state index in [4.69, 9.17) is 5.11 Å². The Kier molecular flexibility index (Phi) is 4.27. The zero-order valence-corrected chi connectivity index (χ0v) is 8.79. The number of ether oxygens (including phenoxy) is 1. The first kappa shape index (κ1) is 12.0. The van der Waals surface area contributed by atoms with Crippen molar-refractivity contribution >= 4 is 18.0 Å². The van der Waals surface area contributed by atoms with Crippen molar-refractivity contribution in [2.75, 3.05) is 7.11 Å². The van der Waals surface area contributed by atoms with Gasteiger partial charge in [-0.15, -0.1) is 0 Å². The zero-order chi connectivity index (χ0) is 12.0. The van der Waals surface area contributed by atoms with Crippen molar-refractivity contribution in [3.8, 4) is 0 Å². The molecule has 0 aromatic heterocycles. The molecule has 16 heavy (non-hydrogen) atoms. The number of carboxylic acid groups (broad SMARTS) is 1. The number of hydrogen-bond acceptors (Lipinski definition) is 3. The molecule has 4 nitrogen and oxygen atoms in total. The molecule has 1 aromatic rings. The second-order valence-corrected chi connectivity index (χ2v) is 3.11. The summed E-state index contributed by atoms with van der Waals surface area (Å²) in [6.07, 6.45) is 2.89. The van der Waals surface area contributed by atoms with Crippen molar-refractivity contribution in [2.45, 2.75) is 0 Å². The average Bonchev–Trinajstić information content (AvgIpc) is 2.30. The molecular formula is C12H12O4. The van der Waals surface area contributed by atoms with Crippen LogP contribution in [-0.4, -0.2) is 24.2 Å². The molecular weight excluding hydrogens is 208 g/mol. The lowest BCUT2D eigenvalue weighted by Crippen LogP contribution is -2.22. The molecule has 1 atom stereocenters. The fraction of sp³-hybridized carbons (Fsp3) is 0.167. The highest BCUT2D eigenvalue weighted by Gasteiger charge is 2.23. The van der Waals surface area contributed by atoms with Gasteiger partial charge < -0.3 is 9.84 Å². The summed E-state index contributed by atoms with van der Waals surface area (Å²) in [5, 5.41) is 8.80. The third-order valence-corrected chi connectivity index (χ3v) is 2.00. The van der Waals surface area contributed by atoms with E-state index in [1.54, 1.807) is 6.08 Å². The first-order valence-corrected chi connectivity index (χ1v) is 4.69. The van der Waals surface area contributed by atoms with Crippen LogP contribution in [0.5, 0.6) is 0 Å². The van der Waals surface area contributed by atoms with Gasteiger partial charge in [0.05, 0.1) is 7.11 Å². The van der Waals surface area contributed by atoms with Gasteiger partial charge in [-0.1, -0.05) is 42.5 Å². The van der Waals surface area contributed by atoms with Crippen LogP contribution in [0.25, 0.3) is 6.08 Å². The minimum atomic E-state index is -1.26. The summed E-state index contributed by atoms with van der Waals surface area (Å²) in [4.78, 5) is 21.9. The number of carbonyl (C=O) groups is 2. The smallest absolute Gasteiger partial charge is 0.323 e. The number of carboxylic acids is 1. The second kappa shape index (κ2) is 5.70. The van der Waals surface area contributed by atoms with Gasteiger partial charge in [-0.2, -0.15) is 0 Å². The SMILES string of the molecule is COC(=O)C(C=Cc1ccccc1)C(=O)O. The Hall–Kier alpha value is -2.10. The van der Waals surface area contributed by atoms with Crippen LogP contribution in [0.15, 0.2) is 36.4 Å². The largest absolute Gasteiger partial charge is 0.480 e. The Labute approximate surface area is 93.2 Å². The molecule has 0 heterocycles. The van der Waals surface area contributed by atoms with Gasteiger partial charge in [0.2, 0.25) is 0 Å². The highest BCUT2D eigenvalue weighted by Crippen LogP contribution is 2.07. The fourth-order valence-corrected chi connectivity index (χ4v) is 1.16. The van der Waals surface area contributed by atoms with Crippen molar-refractivity contribution in [3.63, 3.8) is 0 Å². The summed E-state index contributed by atoms with van der Waals surface area (Å²) in [6.45, 7) is 0. The Morgan fingerprint density at radius 1 is 1.31 bits per heavy atom. The Balaban J connectivity index is 2.80. The van der Waals surface area contributed by atoms with Gasteiger partial charge >= 0.3 is 11.9 Å². The van der Waals surface area contributed by atoms with Crippen LogP contribution in [0.1, 0.15) is 5.56 Å². The minimum absolute atomic E-state index is 0.778. The zero-order valence-electron chi connectivity index (χ0n) is 8.79. The number of methoxy groups -OCH3 is 1. The Bertz CT molecular complexity index is 395. The molecule has 4 heteroatoms. The maximum atomic E-state index is 11.1. The molecule has 0 bridgehead atoms. The molecule has 0 aliphatic carbocycles. The summed E-state index contributed by atoms with van der Waals surface area (Å²) in [6, 6.07) is 9.13. The molecule has 84 valence electrons. The highest BCUT2D eigenvalue weighted by atomic mass is 16.5. The Morgan fingerprint density at radius 3 is 2.44 bits per heavy atom. The number of esters is 1. The van der Waals surface area contributed by atoms with E-state index in [2.05, 4.69) is 4.74 Å². The number of rotatable bonds is 4. The lowest BCUT2D eigenvalue weighted by atomic mass is 10.1. The predicted molar refractivity (Wildman–Crippen MR) is 58.6 cm³/mol. The summed E-state index contributed by atoms with van der Waals surface area (Å²) in [5.41, 5.74) is 0.831. The molecule has 1 rings (SSSR count). The molecule has 0 aliphatic heterocycles. The van der Waals surface area contributed by atoms with Crippen molar-refractivity contribution in [1.82, 2.24) is 0 Å². The number of benzene rings is 1. The lowest BCUT2D eigenvalue weighted by Gasteiger charge is -2.04. The quantitative estimate of drug-likeness (QED) is 0.618. The van der Waals surface area contributed by atoms with E-state index < -0.39 is 17.9 Å². The average molecular weight is 220 g/mol. The maximum absolute atomic E-state index is 11.1. The lowest BCUT2D eigenvalue weighted by molar-refractivity contribution is -0.154. The van der Waals surface area contributed by atoms with Crippen LogP contribution >= 0.6 is 0 Å². The van der Waals surface area contributed by atoms with Crippen LogP contribution in [0.3, 0.4) is 0 Å². The van der Waals surface area contributed by atoms with Gasteiger partial charge in [-0.3, -0.25) is 9.59 Å². The van der Waals surface area contributed by atoms with Crippen molar-refractivity contribution in [3.05, 3.63) is 42.0 Å². The first-order valence-electron chi connectivity index (χ1n) is 4.69. The number of carbonyl (C=O) groups excluding carboxylic acids is 1. The van der Waals surface area contributed by atoms with Crippen LogP contribution in [0, 0.1) is 5.92 Å². The van der Waals surface area contributed by atoms with Crippen LogP contribution in [-0.2, 0) is 14.3 Å². The van der Waals surface area contributed by atoms with Crippen LogP contribution < -0.4 is 0 Å². The van der Waals surface area contributed by atoms with E-state index in [1.165, 1.54) is 6.08 Å².